The van der Waals surface area contributed by atoms with Gasteiger partial charge in [0.1, 0.15) is 5.82 Å². The highest BCUT2D eigenvalue weighted by Crippen LogP contribution is 2.23. The molecule has 1 aromatic heterocycles. The molecule has 1 saturated heterocycles. The van der Waals surface area contributed by atoms with E-state index in [1.54, 1.807) is 31.4 Å². The molecule has 3 rings (SSSR count). The summed E-state index contributed by atoms with van der Waals surface area (Å²) in [7, 11) is -1.80. The van der Waals surface area contributed by atoms with Gasteiger partial charge in [-0.1, -0.05) is 15.9 Å². The Kier molecular flexibility index (Phi) is 6.05. The summed E-state index contributed by atoms with van der Waals surface area (Å²) in [5.41, 5.74) is 0. The van der Waals surface area contributed by atoms with Gasteiger partial charge in [-0.3, -0.25) is 0 Å². The highest BCUT2D eigenvalue weighted by molar-refractivity contribution is 9.10. The Morgan fingerprint density at radius 3 is 2.52 bits per heavy atom. The van der Waals surface area contributed by atoms with Crippen LogP contribution >= 0.6 is 27.5 Å². The van der Waals surface area contributed by atoms with E-state index in [2.05, 4.69) is 30.2 Å². The number of hydrogen-bond donors (Lipinski definition) is 0. The van der Waals surface area contributed by atoms with Gasteiger partial charge >= 0.3 is 0 Å². The minimum atomic E-state index is -3.45. The second kappa shape index (κ2) is 8.09. The van der Waals surface area contributed by atoms with Crippen molar-refractivity contribution in [3.63, 3.8) is 0 Å². The lowest BCUT2D eigenvalue weighted by Crippen LogP contribution is -2.48. The van der Waals surface area contributed by atoms with E-state index in [0.717, 1.165) is 15.4 Å². The van der Waals surface area contributed by atoms with Crippen LogP contribution in [-0.4, -0.2) is 62.0 Å². The van der Waals surface area contributed by atoms with Crippen LogP contribution in [0.2, 0.25) is 0 Å². The lowest BCUT2D eigenvalue weighted by molar-refractivity contribution is 0.201. The summed E-state index contributed by atoms with van der Waals surface area (Å²) >= 11 is 4.67. The zero-order chi connectivity index (χ0) is 17.9. The quantitative estimate of drug-likeness (QED) is 0.675. The van der Waals surface area contributed by atoms with Crippen LogP contribution in [0.15, 0.2) is 33.6 Å². The average Bonchev–Trinajstić information content (AvgIpc) is 3.09. The second-order valence-electron chi connectivity index (χ2n) is 5.58. The van der Waals surface area contributed by atoms with Gasteiger partial charge in [-0.25, -0.2) is 13.4 Å². The third-order valence-corrected chi connectivity index (χ3v) is 7.20. The fraction of sp³-hybridized carbons (Fsp3) is 0.467. The SMILES string of the molecule is COCCc1nsc(N2CCN(S(=O)(=O)c3ccc(Br)cc3)CC2)n1. The van der Waals surface area contributed by atoms with E-state index in [1.807, 2.05) is 0 Å². The van der Waals surface area contributed by atoms with Gasteiger partial charge in [-0.2, -0.15) is 8.68 Å². The predicted molar refractivity (Wildman–Crippen MR) is 101 cm³/mol. The summed E-state index contributed by atoms with van der Waals surface area (Å²) in [5, 5.41) is 0.840. The molecule has 0 saturated carbocycles. The standard InChI is InChI=1S/C15H19BrN4O3S2/c1-23-11-6-14-17-15(24-18-14)19-7-9-20(10-8-19)25(21,22)13-4-2-12(16)3-5-13/h2-5H,6-11H2,1H3. The monoisotopic (exact) mass is 446 g/mol. The van der Waals surface area contributed by atoms with Gasteiger partial charge in [0.15, 0.2) is 0 Å². The van der Waals surface area contributed by atoms with Crippen LogP contribution in [0.1, 0.15) is 5.82 Å². The van der Waals surface area contributed by atoms with Crippen LogP contribution in [0.5, 0.6) is 0 Å². The van der Waals surface area contributed by atoms with Gasteiger partial charge in [0, 0.05) is 55.7 Å². The van der Waals surface area contributed by atoms with Gasteiger partial charge in [-0.05, 0) is 24.3 Å². The van der Waals surface area contributed by atoms with Gasteiger partial charge in [0.2, 0.25) is 15.2 Å². The Morgan fingerprint density at radius 2 is 1.88 bits per heavy atom. The summed E-state index contributed by atoms with van der Waals surface area (Å²) < 4.78 is 37.2. The molecular formula is C15H19BrN4O3S2. The highest BCUT2D eigenvalue weighted by atomic mass is 79.9. The Hall–Kier alpha value is -1.07. The molecule has 0 amide bonds. The number of rotatable bonds is 6. The molecular weight excluding hydrogens is 428 g/mol. The smallest absolute Gasteiger partial charge is 0.243 e. The van der Waals surface area contributed by atoms with E-state index in [9.17, 15) is 8.42 Å². The maximum Gasteiger partial charge on any atom is 0.243 e. The molecule has 136 valence electrons. The van der Waals surface area contributed by atoms with Crippen molar-refractivity contribution in [1.82, 2.24) is 13.7 Å². The molecule has 0 atom stereocenters. The predicted octanol–water partition coefficient (Wildman–Crippen LogP) is 2.00. The summed E-state index contributed by atoms with van der Waals surface area (Å²) in [5.74, 6) is 0.770. The average molecular weight is 447 g/mol. The number of hydrogen-bond acceptors (Lipinski definition) is 7. The van der Waals surface area contributed by atoms with E-state index >= 15 is 0 Å². The third-order valence-electron chi connectivity index (χ3n) is 3.95. The number of methoxy groups -OCH3 is 1. The fourth-order valence-corrected chi connectivity index (χ4v) is 4.99. The first-order valence-electron chi connectivity index (χ1n) is 7.83. The molecule has 2 aromatic rings. The van der Waals surface area contributed by atoms with Crippen molar-refractivity contribution >= 4 is 42.6 Å². The zero-order valence-corrected chi connectivity index (χ0v) is 17.0. The summed E-state index contributed by atoms with van der Waals surface area (Å²) in [6, 6.07) is 6.73. The third kappa shape index (κ3) is 4.37. The van der Waals surface area contributed by atoms with E-state index in [0.29, 0.717) is 44.1 Å². The summed E-state index contributed by atoms with van der Waals surface area (Å²) in [6.07, 6.45) is 0.685. The van der Waals surface area contributed by atoms with Crippen LogP contribution in [0.4, 0.5) is 5.13 Å². The van der Waals surface area contributed by atoms with E-state index in [-0.39, 0.29) is 0 Å². The van der Waals surface area contributed by atoms with E-state index in [1.165, 1.54) is 15.8 Å². The molecule has 7 nitrogen and oxygen atoms in total. The van der Waals surface area contributed by atoms with E-state index < -0.39 is 10.0 Å². The molecule has 1 aliphatic heterocycles. The lowest BCUT2D eigenvalue weighted by Gasteiger charge is -2.33. The molecule has 2 heterocycles. The number of ether oxygens (including phenoxy) is 1. The normalized spacial score (nSPS) is 16.3. The number of benzene rings is 1. The van der Waals surface area contributed by atoms with Crippen molar-refractivity contribution in [2.24, 2.45) is 0 Å². The van der Waals surface area contributed by atoms with Crippen molar-refractivity contribution in [3.8, 4) is 0 Å². The van der Waals surface area contributed by atoms with Crippen molar-refractivity contribution in [3.05, 3.63) is 34.6 Å². The number of nitrogens with zero attached hydrogens (tertiary/aromatic N) is 4. The number of piperazine rings is 1. The number of halogens is 1. The molecule has 1 fully saturated rings. The molecule has 0 aliphatic carbocycles. The van der Waals surface area contributed by atoms with Crippen molar-refractivity contribution in [2.75, 3.05) is 44.8 Å². The van der Waals surface area contributed by atoms with Crippen molar-refractivity contribution in [1.29, 1.82) is 0 Å². The number of anilines is 1. The largest absolute Gasteiger partial charge is 0.384 e. The first kappa shape index (κ1) is 18.7. The molecule has 0 bridgehead atoms. The minimum Gasteiger partial charge on any atom is -0.384 e. The first-order valence-corrected chi connectivity index (χ1v) is 10.8. The molecule has 0 radical (unpaired) electrons. The Labute approximate surface area is 160 Å². The molecule has 1 aliphatic rings. The number of sulfonamides is 1. The first-order chi connectivity index (χ1) is 12.0. The topological polar surface area (TPSA) is 75.6 Å². The van der Waals surface area contributed by atoms with Crippen LogP contribution in [0, 0.1) is 0 Å². The van der Waals surface area contributed by atoms with Crippen molar-refractivity contribution < 1.29 is 13.2 Å². The van der Waals surface area contributed by atoms with E-state index in [4.69, 9.17) is 4.74 Å². The maximum absolute atomic E-state index is 12.7. The zero-order valence-electron chi connectivity index (χ0n) is 13.8. The summed E-state index contributed by atoms with van der Waals surface area (Å²) in [4.78, 5) is 6.91. The van der Waals surface area contributed by atoms with Crippen LogP contribution in [0.25, 0.3) is 0 Å². The Bertz CT molecular complexity index is 802. The maximum atomic E-state index is 12.7. The molecule has 10 heteroatoms. The van der Waals surface area contributed by atoms with Gasteiger partial charge in [0.25, 0.3) is 0 Å². The van der Waals surface area contributed by atoms with Crippen LogP contribution in [-0.2, 0) is 21.2 Å². The fourth-order valence-electron chi connectivity index (χ4n) is 2.54. The minimum absolute atomic E-state index is 0.321. The second-order valence-corrected chi connectivity index (χ2v) is 9.16. The molecule has 1 aromatic carbocycles. The van der Waals surface area contributed by atoms with Gasteiger partial charge < -0.3 is 9.64 Å². The van der Waals surface area contributed by atoms with Crippen molar-refractivity contribution in [2.45, 2.75) is 11.3 Å². The van der Waals surface area contributed by atoms with Gasteiger partial charge in [-0.15, -0.1) is 0 Å². The van der Waals surface area contributed by atoms with Crippen LogP contribution < -0.4 is 4.90 Å². The molecule has 0 unspecified atom stereocenters. The Balaban J connectivity index is 1.63. The molecule has 0 spiro atoms. The van der Waals surface area contributed by atoms with Gasteiger partial charge in [0.05, 0.1) is 11.5 Å². The van der Waals surface area contributed by atoms with Crippen LogP contribution in [0.3, 0.4) is 0 Å². The highest BCUT2D eigenvalue weighted by Gasteiger charge is 2.29. The summed E-state index contributed by atoms with van der Waals surface area (Å²) in [6.45, 7) is 2.68. The molecule has 0 N–H and O–H groups in total. The lowest BCUT2D eigenvalue weighted by atomic mass is 10.4. The Morgan fingerprint density at radius 1 is 1.20 bits per heavy atom. The molecule has 25 heavy (non-hydrogen) atoms. The number of aromatic nitrogens is 2.